The molecule has 144 valence electrons. The highest BCUT2D eigenvalue weighted by Crippen LogP contribution is 2.19. The number of aromatic nitrogens is 2. The fourth-order valence-electron chi connectivity index (χ4n) is 3.22. The predicted octanol–water partition coefficient (Wildman–Crippen LogP) is 3.39. The van der Waals surface area contributed by atoms with Gasteiger partial charge in [-0.05, 0) is 43.3 Å². The van der Waals surface area contributed by atoms with E-state index in [4.69, 9.17) is 4.74 Å². The van der Waals surface area contributed by atoms with Crippen LogP contribution >= 0.6 is 11.7 Å². The van der Waals surface area contributed by atoms with Gasteiger partial charge in [-0.3, -0.25) is 4.79 Å². The van der Waals surface area contributed by atoms with Gasteiger partial charge in [0.2, 0.25) is 0 Å². The first-order valence-corrected chi connectivity index (χ1v) is 10.0. The van der Waals surface area contributed by atoms with Gasteiger partial charge in [-0.15, -0.1) is 0 Å². The standard InChI is InChI=1S/C21H22N4O2S/c1-16-20(23-28-22-16)15-27-19-9-7-17(8-10-19)21(26)25-13-11-24(12-14-25)18-5-3-2-4-6-18/h2-10H,11-15H2,1H3. The van der Waals surface area contributed by atoms with Crippen LogP contribution in [0.15, 0.2) is 54.6 Å². The van der Waals surface area contributed by atoms with Gasteiger partial charge < -0.3 is 14.5 Å². The average Bonchev–Trinajstić information content (AvgIpc) is 3.17. The van der Waals surface area contributed by atoms with Crippen LogP contribution in [0, 0.1) is 6.92 Å². The van der Waals surface area contributed by atoms with Crippen molar-refractivity contribution in [3.05, 3.63) is 71.5 Å². The summed E-state index contributed by atoms with van der Waals surface area (Å²) in [6.07, 6.45) is 0. The molecule has 1 aromatic heterocycles. The fourth-order valence-corrected chi connectivity index (χ4v) is 3.77. The third-order valence-electron chi connectivity index (χ3n) is 4.91. The maximum Gasteiger partial charge on any atom is 0.253 e. The summed E-state index contributed by atoms with van der Waals surface area (Å²) in [5, 5.41) is 0. The number of piperazine rings is 1. The van der Waals surface area contributed by atoms with Crippen LogP contribution in [0.3, 0.4) is 0 Å². The Hall–Kier alpha value is -2.93. The van der Waals surface area contributed by atoms with E-state index in [9.17, 15) is 4.79 Å². The first-order valence-electron chi connectivity index (χ1n) is 9.31. The Morgan fingerprint density at radius 1 is 1.00 bits per heavy atom. The van der Waals surface area contributed by atoms with Crippen molar-refractivity contribution in [2.75, 3.05) is 31.1 Å². The first kappa shape index (κ1) is 18.4. The van der Waals surface area contributed by atoms with E-state index >= 15 is 0 Å². The number of benzene rings is 2. The molecule has 1 aliphatic rings. The van der Waals surface area contributed by atoms with Gasteiger partial charge in [0.15, 0.2) is 0 Å². The lowest BCUT2D eigenvalue weighted by Gasteiger charge is -2.36. The molecule has 7 heteroatoms. The van der Waals surface area contributed by atoms with Gasteiger partial charge >= 0.3 is 0 Å². The summed E-state index contributed by atoms with van der Waals surface area (Å²) in [6.45, 7) is 5.44. The monoisotopic (exact) mass is 394 g/mol. The average molecular weight is 395 g/mol. The predicted molar refractivity (Wildman–Crippen MR) is 110 cm³/mol. The number of nitrogens with zero attached hydrogens (tertiary/aromatic N) is 4. The van der Waals surface area contributed by atoms with Crippen LogP contribution in [0.2, 0.25) is 0 Å². The normalized spacial score (nSPS) is 14.2. The second-order valence-corrected chi connectivity index (χ2v) is 7.25. The minimum Gasteiger partial charge on any atom is -0.487 e. The number of amides is 1. The highest BCUT2D eigenvalue weighted by atomic mass is 32.1. The summed E-state index contributed by atoms with van der Waals surface area (Å²) in [5.41, 5.74) is 3.64. The highest BCUT2D eigenvalue weighted by Gasteiger charge is 2.22. The van der Waals surface area contributed by atoms with Crippen molar-refractivity contribution in [1.29, 1.82) is 0 Å². The third-order valence-corrected chi connectivity index (χ3v) is 5.57. The molecule has 0 unspecified atom stereocenters. The number of carbonyl (C=O) groups is 1. The summed E-state index contributed by atoms with van der Waals surface area (Å²) in [7, 11) is 0. The molecule has 2 aromatic carbocycles. The topological polar surface area (TPSA) is 58.6 Å². The smallest absolute Gasteiger partial charge is 0.253 e. The van der Waals surface area contributed by atoms with Crippen LogP contribution in [0.1, 0.15) is 21.7 Å². The molecule has 0 saturated carbocycles. The summed E-state index contributed by atoms with van der Waals surface area (Å²) in [4.78, 5) is 17.0. The molecule has 0 spiro atoms. The molecule has 4 rings (SSSR count). The summed E-state index contributed by atoms with van der Waals surface area (Å²) >= 11 is 1.19. The fraction of sp³-hybridized carbons (Fsp3) is 0.286. The zero-order valence-corrected chi connectivity index (χ0v) is 16.6. The van der Waals surface area contributed by atoms with E-state index in [2.05, 4.69) is 25.8 Å². The van der Waals surface area contributed by atoms with Crippen LogP contribution in [-0.4, -0.2) is 45.7 Å². The van der Waals surface area contributed by atoms with Gasteiger partial charge in [0.05, 0.1) is 17.4 Å². The molecule has 0 aliphatic carbocycles. The van der Waals surface area contributed by atoms with Crippen molar-refractivity contribution < 1.29 is 9.53 Å². The van der Waals surface area contributed by atoms with E-state index < -0.39 is 0 Å². The molecule has 0 bridgehead atoms. The van der Waals surface area contributed by atoms with Gasteiger partial charge in [-0.25, -0.2) is 0 Å². The number of carbonyl (C=O) groups excluding carboxylic acids is 1. The molecule has 1 aliphatic heterocycles. The largest absolute Gasteiger partial charge is 0.487 e. The van der Waals surface area contributed by atoms with Crippen molar-refractivity contribution in [3.63, 3.8) is 0 Å². The zero-order valence-electron chi connectivity index (χ0n) is 15.7. The number of aryl methyl sites for hydroxylation is 1. The van der Waals surface area contributed by atoms with Crippen LogP contribution in [0.5, 0.6) is 5.75 Å². The maximum atomic E-state index is 12.8. The number of ether oxygens (including phenoxy) is 1. The molecule has 2 heterocycles. The molecule has 1 saturated heterocycles. The van der Waals surface area contributed by atoms with Crippen molar-refractivity contribution >= 4 is 23.3 Å². The molecule has 0 radical (unpaired) electrons. The molecule has 6 nitrogen and oxygen atoms in total. The van der Waals surface area contributed by atoms with Crippen molar-refractivity contribution in [2.45, 2.75) is 13.5 Å². The zero-order chi connectivity index (χ0) is 19.3. The molecule has 1 amide bonds. The van der Waals surface area contributed by atoms with E-state index in [-0.39, 0.29) is 5.91 Å². The molecule has 0 N–H and O–H groups in total. The Morgan fingerprint density at radius 3 is 2.36 bits per heavy atom. The molecule has 0 atom stereocenters. The lowest BCUT2D eigenvalue weighted by atomic mass is 10.1. The van der Waals surface area contributed by atoms with Crippen LogP contribution in [0.4, 0.5) is 5.69 Å². The Balaban J connectivity index is 1.32. The van der Waals surface area contributed by atoms with E-state index in [1.165, 1.54) is 17.4 Å². The lowest BCUT2D eigenvalue weighted by Crippen LogP contribution is -2.48. The lowest BCUT2D eigenvalue weighted by molar-refractivity contribution is 0.0746. The van der Waals surface area contributed by atoms with Crippen LogP contribution in [0.25, 0.3) is 0 Å². The number of anilines is 1. The molecular weight excluding hydrogens is 372 g/mol. The first-order chi connectivity index (χ1) is 13.7. The minimum atomic E-state index is 0.0683. The maximum absolute atomic E-state index is 12.8. The summed E-state index contributed by atoms with van der Waals surface area (Å²) < 4.78 is 14.1. The Bertz CT molecular complexity index is 919. The number of rotatable bonds is 5. The molecular formula is C21H22N4O2S. The second kappa shape index (κ2) is 8.39. The van der Waals surface area contributed by atoms with Crippen LogP contribution in [-0.2, 0) is 6.61 Å². The van der Waals surface area contributed by atoms with Gasteiger partial charge in [0, 0.05) is 37.4 Å². The number of para-hydroxylation sites is 1. The Kier molecular flexibility index (Phi) is 5.53. The van der Waals surface area contributed by atoms with Crippen LogP contribution < -0.4 is 9.64 Å². The van der Waals surface area contributed by atoms with E-state index in [0.717, 1.165) is 43.3 Å². The van der Waals surface area contributed by atoms with Gasteiger partial charge in [0.25, 0.3) is 5.91 Å². The molecule has 28 heavy (non-hydrogen) atoms. The molecule has 1 fully saturated rings. The SMILES string of the molecule is Cc1nsnc1COc1ccc(C(=O)N2CCN(c3ccccc3)CC2)cc1. The van der Waals surface area contributed by atoms with E-state index in [1.807, 2.05) is 54.3 Å². The highest BCUT2D eigenvalue weighted by molar-refractivity contribution is 6.99. The Labute approximate surface area is 168 Å². The number of hydrogen-bond donors (Lipinski definition) is 0. The summed E-state index contributed by atoms with van der Waals surface area (Å²) in [5.74, 6) is 0.789. The number of hydrogen-bond acceptors (Lipinski definition) is 6. The second-order valence-electron chi connectivity index (χ2n) is 6.72. The van der Waals surface area contributed by atoms with Crippen molar-refractivity contribution in [1.82, 2.24) is 13.6 Å². The quantitative estimate of drug-likeness (QED) is 0.664. The summed E-state index contributed by atoms with van der Waals surface area (Å²) in [6, 6.07) is 17.7. The Morgan fingerprint density at radius 2 is 1.71 bits per heavy atom. The van der Waals surface area contributed by atoms with E-state index in [1.54, 1.807) is 0 Å². The minimum absolute atomic E-state index is 0.0683. The van der Waals surface area contributed by atoms with E-state index in [0.29, 0.717) is 12.2 Å². The van der Waals surface area contributed by atoms with Gasteiger partial charge in [-0.2, -0.15) is 8.75 Å². The molecule has 3 aromatic rings. The van der Waals surface area contributed by atoms with Gasteiger partial charge in [0.1, 0.15) is 18.1 Å². The third kappa shape index (κ3) is 4.14. The van der Waals surface area contributed by atoms with Crippen molar-refractivity contribution in [2.24, 2.45) is 0 Å². The van der Waals surface area contributed by atoms with Gasteiger partial charge in [-0.1, -0.05) is 18.2 Å². The van der Waals surface area contributed by atoms with Crippen molar-refractivity contribution in [3.8, 4) is 5.75 Å².